The lowest BCUT2D eigenvalue weighted by Crippen LogP contribution is -2.17. The average molecular weight is 594 g/mol. The molecule has 1 aliphatic rings. The van der Waals surface area contributed by atoms with Crippen LogP contribution in [-0.4, -0.2) is 23.4 Å². The van der Waals surface area contributed by atoms with Crippen LogP contribution in [0.25, 0.3) is 6.08 Å². The minimum Gasteiger partial charge on any atom is -0.490 e. The van der Waals surface area contributed by atoms with Crippen LogP contribution in [-0.2, 0) is 4.79 Å². The average Bonchev–Trinajstić information content (AvgIpc) is 2.89. The highest BCUT2D eigenvalue weighted by atomic mass is 79.9. The van der Waals surface area contributed by atoms with E-state index in [9.17, 15) is 4.79 Å². The fraction of sp³-hybridized carbons (Fsp3) is 0.111. The maximum atomic E-state index is 11.9. The molecule has 0 unspecified atom stereocenters. The summed E-state index contributed by atoms with van der Waals surface area (Å²) in [6.45, 7) is 0.744. The zero-order chi connectivity index (χ0) is 19.4. The largest absolute Gasteiger partial charge is 0.490 e. The highest BCUT2D eigenvalue weighted by Gasteiger charge is 2.22. The second-order valence-corrected chi connectivity index (χ2v) is 9.80. The van der Waals surface area contributed by atoms with Gasteiger partial charge in [-0.25, -0.2) is 0 Å². The van der Waals surface area contributed by atoms with E-state index in [0.717, 1.165) is 24.7 Å². The van der Waals surface area contributed by atoms with Crippen molar-refractivity contribution >= 4 is 88.1 Å². The number of amides is 1. The van der Waals surface area contributed by atoms with E-state index >= 15 is 0 Å². The topological polar surface area (TPSA) is 47.6 Å². The summed E-state index contributed by atoms with van der Waals surface area (Å²) in [6, 6.07) is 11.3. The monoisotopic (exact) mass is 591 g/mol. The Bertz CT molecular complexity index is 914. The zero-order valence-electron chi connectivity index (χ0n) is 13.6. The molecule has 0 aromatic heterocycles. The van der Waals surface area contributed by atoms with Crippen LogP contribution in [0.2, 0.25) is 0 Å². The summed E-state index contributed by atoms with van der Waals surface area (Å²) in [5.74, 6) is 1.21. The van der Waals surface area contributed by atoms with Gasteiger partial charge < -0.3 is 14.8 Å². The number of carbonyl (C=O) groups excluding carboxylic acids is 1. The van der Waals surface area contributed by atoms with Gasteiger partial charge in [0.2, 0.25) is 0 Å². The van der Waals surface area contributed by atoms with E-state index in [2.05, 4.69) is 53.1 Å². The normalized spacial score (nSPS) is 15.1. The Hall–Kier alpha value is -0.870. The number of thiocarbonyl (C=S) groups is 1. The summed E-state index contributed by atoms with van der Waals surface area (Å²) < 4.78 is 14.8. The lowest BCUT2D eigenvalue weighted by atomic mass is 10.2. The van der Waals surface area contributed by atoms with Crippen LogP contribution < -0.4 is 14.8 Å². The molecular weight excluding hydrogens is 582 g/mol. The number of halogens is 3. The minimum absolute atomic E-state index is 0.195. The molecule has 1 N–H and O–H groups in total. The first-order valence-electron chi connectivity index (χ1n) is 7.67. The molecule has 3 rings (SSSR count). The van der Waals surface area contributed by atoms with Crippen molar-refractivity contribution in [1.82, 2.24) is 5.32 Å². The van der Waals surface area contributed by atoms with Crippen molar-refractivity contribution in [2.24, 2.45) is 0 Å². The number of rotatable bonds is 6. The molecule has 2 aromatic carbocycles. The third-order valence-corrected chi connectivity index (χ3v) is 5.92. The zero-order valence-corrected chi connectivity index (χ0v) is 20.0. The summed E-state index contributed by atoms with van der Waals surface area (Å²) in [5.41, 5.74) is 0.789. The van der Waals surface area contributed by atoms with Crippen LogP contribution in [0.15, 0.2) is 54.7 Å². The Kier molecular flexibility index (Phi) is 7.38. The first kappa shape index (κ1) is 20.9. The van der Waals surface area contributed by atoms with Crippen LogP contribution in [0.1, 0.15) is 5.56 Å². The van der Waals surface area contributed by atoms with Gasteiger partial charge in [-0.05, 0) is 42.5 Å². The maximum Gasteiger partial charge on any atom is 0.263 e. The van der Waals surface area contributed by atoms with Gasteiger partial charge in [0.25, 0.3) is 5.91 Å². The highest BCUT2D eigenvalue weighted by molar-refractivity contribution is 9.11. The molecule has 0 bridgehead atoms. The smallest absolute Gasteiger partial charge is 0.263 e. The molecule has 2 aromatic rings. The third kappa shape index (κ3) is 6.05. The van der Waals surface area contributed by atoms with Crippen LogP contribution in [0.4, 0.5) is 0 Å². The number of hydrogen-bond donors (Lipinski definition) is 1. The van der Waals surface area contributed by atoms with Crippen LogP contribution in [0.5, 0.6) is 11.5 Å². The number of ether oxygens (including phenoxy) is 2. The Morgan fingerprint density at radius 1 is 1.00 bits per heavy atom. The van der Waals surface area contributed by atoms with Gasteiger partial charge in [-0.1, -0.05) is 71.8 Å². The van der Waals surface area contributed by atoms with Crippen molar-refractivity contribution in [1.29, 1.82) is 0 Å². The quantitative estimate of drug-likeness (QED) is 0.256. The highest BCUT2D eigenvalue weighted by Crippen LogP contribution is 2.31. The number of nitrogens with one attached hydrogen (secondary N) is 1. The van der Waals surface area contributed by atoms with Gasteiger partial charge in [-0.2, -0.15) is 0 Å². The molecule has 0 radical (unpaired) electrons. The lowest BCUT2D eigenvalue weighted by Gasteiger charge is -2.11. The third-order valence-electron chi connectivity index (χ3n) is 3.35. The van der Waals surface area contributed by atoms with E-state index in [1.54, 1.807) is 6.08 Å². The van der Waals surface area contributed by atoms with E-state index in [0.29, 0.717) is 28.2 Å². The van der Waals surface area contributed by atoms with E-state index in [-0.39, 0.29) is 5.91 Å². The summed E-state index contributed by atoms with van der Waals surface area (Å²) in [4.78, 5) is 12.4. The maximum absolute atomic E-state index is 11.9. The van der Waals surface area contributed by atoms with E-state index in [1.165, 1.54) is 11.8 Å². The van der Waals surface area contributed by atoms with Gasteiger partial charge in [0, 0.05) is 19.0 Å². The van der Waals surface area contributed by atoms with Gasteiger partial charge in [0.1, 0.15) is 29.0 Å². The Balaban J connectivity index is 1.66. The molecule has 1 fully saturated rings. The predicted octanol–water partition coefficient (Wildman–Crippen LogP) is 5.92. The van der Waals surface area contributed by atoms with Gasteiger partial charge in [0.05, 0.1) is 4.91 Å². The van der Waals surface area contributed by atoms with Crippen molar-refractivity contribution in [2.75, 3.05) is 13.2 Å². The Morgan fingerprint density at radius 2 is 1.70 bits per heavy atom. The molecule has 0 spiro atoms. The van der Waals surface area contributed by atoms with Crippen LogP contribution in [0.3, 0.4) is 0 Å². The number of benzene rings is 2. The molecular formula is C18H12Br3NO3S2. The second kappa shape index (κ2) is 9.56. The molecule has 1 heterocycles. The molecule has 1 amide bonds. The summed E-state index contributed by atoms with van der Waals surface area (Å²) in [5, 5.41) is 2.61. The van der Waals surface area contributed by atoms with Gasteiger partial charge in [0.15, 0.2) is 0 Å². The molecule has 27 heavy (non-hydrogen) atoms. The number of hydrogen-bond acceptors (Lipinski definition) is 5. The molecule has 0 saturated carbocycles. The van der Waals surface area contributed by atoms with Crippen molar-refractivity contribution in [3.05, 3.63) is 60.3 Å². The van der Waals surface area contributed by atoms with Crippen LogP contribution >= 0.6 is 71.8 Å². The molecule has 1 saturated heterocycles. The molecule has 4 nitrogen and oxygen atoms in total. The molecule has 9 heteroatoms. The number of thioether (sulfide) groups is 1. The molecule has 1 aliphatic heterocycles. The second-order valence-electron chi connectivity index (χ2n) is 5.34. The van der Waals surface area contributed by atoms with Gasteiger partial charge in [-0.3, -0.25) is 4.79 Å². The van der Waals surface area contributed by atoms with Crippen LogP contribution in [0, 0.1) is 0 Å². The van der Waals surface area contributed by atoms with Crippen molar-refractivity contribution in [3.8, 4) is 11.5 Å². The number of carbonyl (C=O) groups is 1. The molecule has 140 valence electrons. The fourth-order valence-electron chi connectivity index (χ4n) is 2.25. The Morgan fingerprint density at radius 3 is 2.37 bits per heavy atom. The predicted molar refractivity (Wildman–Crippen MR) is 123 cm³/mol. The van der Waals surface area contributed by atoms with Crippen molar-refractivity contribution in [3.63, 3.8) is 0 Å². The van der Waals surface area contributed by atoms with Crippen molar-refractivity contribution < 1.29 is 14.3 Å². The van der Waals surface area contributed by atoms with E-state index in [4.69, 9.17) is 21.7 Å². The fourth-order valence-corrected chi connectivity index (χ4v) is 4.91. The first-order chi connectivity index (χ1) is 12.9. The van der Waals surface area contributed by atoms with E-state index in [1.807, 2.05) is 36.4 Å². The minimum atomic E-state index is -0.195. The first-order valence-corrected chi connectivity index (χ1v) is 11.3. The standard InChI is InChI=1S/C18H12Br3NO3S2/c19-11-1-2-15(10(5-11)6-16-17(23)22-18(26)27-16)25-4-3-24-14-8-12(20)7-13(21)9-14/h1-2,5-9H,3-4H2,(H,22,23,26)/b16-6-. The summed E-state index contributed by atoms with van der Waals surface area (Å²) in [7, 11) is 0. The lowest BCUT2D eigenvalue weighted by molar-refractivity contribution is -0.115. The van der Waals surface area contributed by atoms with Gasteiger partial charge >= 0.3 is 0 Å². The van der Waals surface area contributed by atoms with Gasteiger partial charge in [-0.15, -0.1) is 0 Å². The molecule has 0 atom stereocenters. The molecule has 0 aliphatic carbocycles. The SMILES string of the molecule is O=C1NC(=S)S/C1=C\c1cc(Br)ccc1OCCOc1cc(Br)cc(Br)c1. The van der Waals surface area contributed by atoms with E-state index < -0.39 is 0 Å². The van der Waals surface area contributed by atoms with Crippen molar-refractivity contribution in [2.45, 2.75) is 0 Å². The summed E-state index contributed by atoms with van der Waals surface area (Å²) in [6.07, 6.45) is 1.77. The summed E-state index contributed by atoms with van der Waals surface area (Å²) >= 11 is 16.6. The Labute approximate surface area is 191 Å².